The first-order chi connectivity index (χ1) is 10.0. The largest absolute Gasteiger partial charge is 0.480 e. The molecule has 0 atom stereocenters. The van der Waals surface area contributed by atoms with Crippen LogP contribution in [0, 0.1) is 17.0 Å². The van der Waals surface area contributed by atoms with E-state index in [1.165, 1.54) is 12.1 Å². The van der Waals surface area contributed by atoms with Gasteiger partial charge in [0.25, 0.3) is 5.91 Å². The van der Waals surface area contributed by atoms with Crippen LogP contribution in [-0.4, -0.2) is 15.8 Å². The maximum absolute atomic E-state index is 11.3. The van der Waals surface area contributed by atoms with Gasteiger partial charge in [-0.15, -0.1) is 11.3 Å². The molecule has 2 aromatic rings. The van der Waals surface area contributed by atoms with Crippen LogP contribution >= 0.6 is 11.3 Å². The van der Waals surface area contributed by atoms with E-state index in [-0.39, 0.29) is 23.1 Å². The highest BCUT2D eigenvalue weighted by Gasteiger charge is 2.16. The Morgan fingerprint density at radius 1 is 1.57 bits per heavy atom. The number of nitro groups is 1. The normalized spacial score (nSPS) is 10.2. The molecule has 1 aromatic carbocycles. The summed E-state index contributed by atoms with van der Waals surface area (Å²) in [6, 6.07) is 4.69. The summed E-state index contributed by atoms with van der Waals surface area (Å²) < 4.78 is 5.41. The quantitative estimate of drug-likeness (QED) is 0.374. The molecule has 0 bridgehead atoms. The third-order valence-corrected chi connectivity index (χ3v) is 3.45. The minimum atomic E-state index is -0.503. The van der Waals surface area contributed by atoms with Crippen LogP contribution in [0.4, 0.5) is 5.69 Å². The van der Waals surface area contributed by atoms with Crippen molar-refractivity contribution in [3.63, 3.8) is 0 Å². The van der Waals surface area contributed by atoms with Crippen molar-refractivity contribution in [3.05, 3.63) is 50.0 Å². The molecule has 0 aliphatic carbocycles. The SMILES string of the molecule is Cc1ccc(OCc2csc(C(=O)NN)n2)c([N+](=O)[O-])c1. The molecule has 0 radical (unpaired) electrons. The lowest BCUT2D eigenvalue weighted by Crippen LogP contribution is -2.29. The second-order valence-corrected chi connectivity index (χ2v) is 4.99. The van der Waals surface area contributed by atoms with Gasteiger partial charge in [-0.1, -0.05) is 6.07 Å². The molecule has 110 valence electrons. The fourth-order valence-electron chi connectivity index (χ4n) is 1.58. The first kappa shape index (κ1) is 14.9. The molecule has 1 heterocycles. The molecule has 1 aromatic heterocycles. The Kier molecular flexibility index (Phi) is 4.45. The average Bonchev–Trinajstić information content (AvgIpc) is 2.93. The van der Waals surface area contributed by atoms with Gasteiger partial charge in [0.15, 0.2) is 10.8 Å². The van der Waals surface area contributed by atoms with Crippen LogP contribution in [0.2, 0.25) is 0 Å². The lowest BCUT2D eigenvalue weighted by molar-refractivity contribution is -0.386. The Morgan fingerprint density at radius 3 is 3.00 bits per heavy atom. The van der Waals surface area contributed by atoms with Gasteiger partial charge in [-0.2, -0.15) is 0 Å². The standard InChI is InChI=1S/C12H12N4O4S/c1-7-2-3-10(9(4-7)16(18)19)20-5-8-6-21-12(14-8)11(17)15-13/h2-4,6H,5,13H2,1H3,(H,15,17). The fourth-order valence-corrected chi connectivity index (χ4v) is 2.29. The molecular formula is C12H12N4O4S. The third-order valence-electron chi connectivity index (χ3n) is 2.56. The van der Waals surface area contributed by atoms with Crippen LogP contribution in [0.15, 0.2) is 23.6 Å². The van der Waals surface area contributed by atoms with E-state index < -0.39 is 10.8 Å². The highest BCUT2D eigenvalue weighted by Crippen LogP contribution is 2.28. The van der Waals surface area contributed by atoms with Crippen LogP contribution in [-0.2, 0) is 6.61 Å². The number of amides is 1. The average molecular weight is 308 g/mol. The number of benzene rings is 1. The van der Waals surface area contributed by atoms with Crippen LogP contribution < -0.4 is 16.0 Å². The monoisotopic (exact) mass is 308 g/mol. The Morgan fingerprint density at radius 2 is 2.33 bits per heavy atom. The first-order valence-corrected chi connectivity index (χ1v) is 6.72. The number of carbonyl (C=O) groups is 1. The zero-order valence-corrected chi connectivity index (χ0v) is 11.8. The van der Waals surface area contributed by atoms with Crippen molar-refractivity contribution in [1.82, 2.24) is 10.4 Å². The van der Waals surface area contributed by atoms with E-state index in [1.54, 1.807) is 18.4 Å². The molecule has 0 spiro atoms. The number of nitrogen functional groups attached to an aromatic ring is 1. The number of hydrogen-bond donors (Lipinski definition) is 2. The minimum absolute atomic E-state index is 0.0260. The summed E-state index contributed by atoms with van der Waals surface area (Å²) >= 11 is 1.11. The molecule has 0 saturated carbocycles. The van der Waals surface area contributed by atoms with E-state index in [2.05, 4.69) is 4.98 Å². The predicted octanol–water partition coefficient (Wildman–Crippen LogP) is 1.54. The van der Waals surface area contributed by atoms with Gasteiger partial charge in [0.05, 0.1) is 10.6 Å². The number of aryl methyl sites for hydroxylation is 1. The molecule has 3 N–H and O–H groups in total. The van der Waals surface area contributed by atoms with Gasteiger partial charge < -0.3 is 4.74 Å². The Bertz CT molecular complexity index is 686. The predicted molar refractivity (Wildman–Crippen MR) is 75.9 cm³/mol. The Hall–Kier alpha value is -2.52. The summed E-state index contributed by atoms with van der Waals surface area (Å²) in [5, 5.41) is 12.8. The molecular weight excluding hydrogens is 296 g/mol. The Labute approximate surface area is 123 Å². The molecule has 9 heteroatoms. The van der Waals surface area contributed by atoms with E-state index in [4.69, 9.17) is 10.6 Å². The number of carbonyl (C=O) groups excluding carboxylic acids is 1. The minimum Gasteiger partial charge on any atom is -0.480 e. The number of rotatable bonds is 5. The van der Waals surface area contributed by atoms with Gasteiger partial charge in [-0.05, 0) is 18.6 Å². The van der Waals surface area contributed by atoms with Crippen molar-refractivity contribution in [3.8, 4) is 5.75 Å². The smallest absolute Gasteiger partial charge is 0.311 e. The van der Waals surface area contributed by atoms with Crippen LogP contribution in [0.3, 0.4) is 0 Å². The maximum Gasteiger partial charge on any atom is 0.311 e. The van der Waals surface area contributed by atoms with Gasteiger partial charge in [0, 0.05) is 11.4 Å². The van der Waals surface area contributed by atoms with Crippen molar-refractivity contribution < 1.29 is 14.5 Å². The number of ether oxygens (including phenoxy) is 1. The number of nitrogens with one attached hydrogen (secondary N) is 1. The highest BCUT2D eigenvalue weighted by atomic mass is 32.1. The third kappa shape index (κ3) is 3.52. The number of nitrogens with zero attached hydrogens (tertiary/aromatic N) is 2. The van der Waals surface area contributed by atoms with E-state index in [1.807, 2.05) is 5.43 Å². The van der Waals surface area contributed by atoms with Crippen LogP contribution in [0.1, 0.15) is 21.1 Å². The zero-order chi connectivity index (χ0) is 15.4. The summed E-state index contributed by atoms with van der Waals surface area (Å²) in [4.78, 5) is 25.7. The highest BCUT2D eigenvalue weighted by molar-refractivity contribution is 7.11. The van der Waals surface area contributed by atoms with Crippen molar-refractivity contribution in [1.29, 1.82) is 0 Å². The fraction of sp³-hybridized carbons (Fsp3) is 0.167. The lowest BCUT2D eigenvalue weighted by Gasteiger charge is -2.05. The number of hydrazine groups is 1. The molecule has 2 rings (SSSR count). The lowest BCUT2D eigenvalue weighted by atomic mass is 10.2. The number of nitrogens with two attached hydrogens (primary N) is 1. The molecule has 21 heavy (non-hydrogen) atoms. The topological polar surface area (TPSA) is 120 Å². The number of thiazole rings is 1. The summed E-state index contributed by atoms with van der Waals surface area (Å²) in [5.74, 6) is 4.67. The number of nitro benzene ring substituents is 1. The molecule has 0 aliphatic rings. The van der Waals surface area contributed by atoms with Gasteiger partial charge in [-0.25, -0.2) is 10.8 Å². The molecule has 0 fully saturated rings. The van der Waals surface area contributed by atoms with Crippen molar-refractivity contribution >= 4 is 22.9 Å². The summed E-state index contributed by atoms with van der Waals surface area (Å²) in [6.45, 7) is 1.78. The van der Waals surface area contributed by atoms with Gasteiger partial charge in [0.2, 0.25) is 0 Å². The summed E-state index contributed by atoms with van der Waals surface area (Å²) in [5.41, 5.74) is 3.13. The van der Waals surface area contributed by atoms with Crippen LogP contribution in [0.25, 0.3) is 0 Å². The molecule has 0 unspecified atom stereocenters. The number of aromatic nitrogens is 1. The molecule has 0 saturated heterocycles. The van der Waals surface area contributed by atoms with Crippen molar-refractivity contribution in [2.24, 2.45) is 5.84 Å². The Balaban J connectivity index is 2.11. The van der Waals surface area contributed by atoms with E-state index >= 15 is 0 Å². The molecule has 0 aliphatic heterocycles. The molecule has 8 nitrogen and oxygen atoms in total. The first-order valence-electron chi connectivity index (χ1n) is 5.84. The summed E-state index contributed by atoms with van der Waals surface area (Å²) in [7, 11) is 0. The van der Waals surface area contributed by atoms with E-state index in [9.17, 15) is 14.9 Å². The zero-order valence-electron chi connectivity index (χ0n) is 11.0. The van der Waals surface area contributed by atoms with Gasteiger partial charge >= 0.3 is 5.69 Å². The van der Waals surface area contributed by atoms with Crippen molar-refractivity contribution in [2.75, 3.05) is 0 Å². The van der Waals surface area contributed by atoms with Gasteiger partial charge in [0.1, 0.15) is 6.61 Å². The maximum atomic E-state index is 11.3. The second kappa shape index (κ2) is 6.29. The van der Waals surface area contributed by atoms with Crippen molar-refractivity contribution in [2.45, 2.75) is 13.5 Å². The van der Waals surface area contributed by atoms with Crippen LogP contribution in [0.5, 0.6) is 5.75 Å². The van der Waals surface area contributed by atoms with E-state index in [0.717, 1.165) is 16.9 Å². The summed E-state index contributed by atoms with van der Waals surface area (Å²) in [6.07, 6.45) is 0. The molecule has 1 amide bonds. The number of hydrogen-bond acceptors (Lipinski definition) is 7. The second-order valence-electron chi connectivity index (χ2n) is 4.13. The van der Waals surface area contributed by atoms with E-state index in [0.29, 0.717) is 5.69 Å². The van der Waals surface area contributed by atoms with Gasteiger partial charge in [-0.3, -0.25) is 20.3 Å².